The van der Waals surface area contributed by atoms with Crippen LogP contribution in [-0.4, -0.2) is 30.5 Å². The van der Waals surface area contributed by atoms with Crippen molar-refractivity contribution in [2.75, 3.05) is 25.6 Å². The predicted octanol–water partition coefficient (Wildman–Crippen LogP) is 2.34. The number of ether oxygens (including phenoxy) is 1. The van der Waals surface area contributed by atoms with Gasteiger partial charge in [-0.3, -0.25) is 5.10 Å². The number of aromatic amines is 1. The number of hydrogen-bond donors (Lipinski definition) is 2. The number of anilines is 1. The van der Waals surface area contributed by atoms with Crippen molar-refractivity contribution in [3.8, 4) is 11.3 Å². The highest BCUT2D eigenvalue weighted by molar-refractivity contribution is 5.65. The zero-order valence-electron chi connectivity index (χ0n) is 10.3. The molecule has 0 aliphatic rings. The van der Waals surface area contributed by atoms with Crippen LogP contribution in [0, 0.1) is 13.8 Å². The van der Waals surface area contributed by atoms with E-state index in [1.54, 1.807) is 7.11 Å². The molecule has 0 unspecified atom stereocenters. The zero-order valence-corrected chi connectivity index (χ0v) is 10.3. The second-order valence-corrected chi connectivity index (χ2v) is 3.91. The highest BCUT2D eigenvalue weighted by Crippen LogP contribution is 2.26. The molecule has 17 heavy (non-hydrogen) atoms. The highest BCUT2D eigenvalue weighted by Gasteiger charge is 2.10. The Morgan fingerprint density at radius 2 is 2.24 bits per heavy atom. The van der Waals surface area contributed by atoms with Gasteiger partial charge in [-0.1, -0.05) is 0 Å². The molecule has 0 saturated heterocycles. The second-order valence-electron chi connectivity index (χ2n) is 3.91. The van der Waals surface area contributed by atoms with Gasteiger partial charge < -0.3 is 14.5 Å². The largest absolute Gasteiger partial charge is 0.466 e. The lowest BCUT2D eigenvalue weighted by Crippen LogP contribution is -2.07. The maximum atomic E-state index is 5.49. The summed E-state index contributed by atoms with van der Waals surface area (Å²) in [6, 6.07) is 3.97. The summed E-state index contributed by atoms with van der Waals surface area (Å²) in [5.74, 6) is 2.62. The molecule has 0 spiro atoms. The first-order chi connectivity index (χ1) is 8.20. The third-order valence-corrected chi connectivity index (χ3v) is 2.52. The minimum Gasteiger partial charge on any atom is -0.466 e. The number of nitrogens with one attached hydrogen (secondary N) is 2. The first kappa shape index (κ1) is 11.7. The van der Waals surface area contributed by atoms with E-state index < -0.39 is 0 Å². The first-order valence-corrected chi connectivity index (χ1v) is 5.56. The summed E-state index contributed by atoms with van der Waals surface area (Å²) in [5.41, 5.74) is 2.01. The Kier molecular flexibility index (Phi) is 3.49. The van der Waals surface area contributed by atoms with Gasteiger partial charge >= 0.3 is 0 Å². The van der Waals surface area contributed by atoms with Crippen molar-refractivity contribution in [2.24, 2.45) is 0 Å². The predicted molar refractivity (Wildman–Crippen MR) is 66.1 cm³/mol. The molecule has 92 valence electrons. The van der Waals surface area contributed by atoms with E-state index >= 15 is 0 Å². The van der Waals surface area contributed by atoms with Crippen LogP contribution in [-0.2, 0) is 4.74 Å². The van der Waals surface area contributed by atoms with E-state index in [1.165, 1.54) is 0 Å². The topological polar surface area (TPSA) is 63.1 Å². The van der Waals surface area contributed by atoms with Gasteiger partial charge in [-0.05, 0) is 19.9 Å². The van der Waals surface area contributed by atoms with Crippen molar-refractivity contribution in [3.05, 3.63) is 23.7 Å². The molecule has 0 aliphatic carbocycles. The average Bonchev–Trinajstić information content (AvgIpc) is 2.86. The summed E-state index contributed by atoms with van der Waals surface area (Å²) in [4.78, 5) is 0. The van der Waals surface area contributed by atoms with Gasteiger partial charge in [0.1, 0.15) is 17.3 Å². The number of H-pyrrole nitrogens is 1. The molecule has 0 amide bonds. The Morgan fingerprint density at radius 3 is 2.88 bits per heavy atom. The standard InChI is InChI=1S/C12H17N3O2/c1-8-6-10(9(2)17-8)11-7-12(15-14-11)13-4-5-16-3/h6-7H,4-5H2,1-3H3,(H2,13,14,15). The Bertz CT molecular complexity index is 488. The molecule has 5 heteroatoms. The van der Waals surface area contributed by atoms with Crippen LogP contribution in [0.5, 0.6) is 0 Å². The number of aromatic nitrogens is 2. The molecular weight excluding hydrogens is 218 g/mol. The van der Waals surface area contributed by atoms with E-state index in [4.69, 9.17) is 9.15 Å². The van der Waals surface area contributed by atoms with E-state index in [-0.39, 0.29) is 0 Å². The van der Waals surface area contributed by atoms with E-state index in [0.29, 0.717) is 6.61 Å². The third-order valence-electron chi connectivity index (χ3n) is 2.52. The number of hydrogen-bond acceptors (Lipinski definition) is 4. The summed E-state index contributed by atoms with van der Waals surface area (Å²) < 4.78 is 10.5. The normalized spacial score (nSPS) is 10.8. The van der Waals surface area contributed by atoms with Gasteiger partial charge in [-0.2, -0.15) is 5.10 Å². The van der Waals surface area contributed by atoms with Gasteiger partial charge in [0.2, 0.25) is 0 Å². The minimum absolute atomic E-state index is 0.659. The van der Waals surface area contributed by atoms with E-state index in [9.17, 15) is 0 Å². The second kappa shape index (κ2) is 5.05. The average molecular weight is 235 g/mol. The molecular formula is C12H17N3O2. The van der Waals surface area contributed by atoms with Crippen molar-refractivity contribution >= 4 is 5.82 Å². The van der Waals surface area contributed by atoms with Gasteiger partial charge in [-0.25, -0.2) is 0 Å². The van der Waals surface area contributed by atoms with Crippen molar-refractivity contribution in [2.45, 2.75) is 13.8 Å². The quantitative estimate of drug-likeness (QED) is 0.781. The molecule has 2 rings (SSSR count). The zero-order chi connectivity index (χ0) is 12.3. The lowest BCUT2D eigenvalue weighted by atomic mass is 10.2. The maximum absolute atomic E-state index is 5.49. The highest BCUT2D eigenvalue weighted by atomic mass is 16.5. The van der Waals surface area contributed by atoms with Crippen LogP contribution in [0.25, 0.3) is 11.3 Å². The van der Waals surface area contributed by atoms with Crippen molar-refractivity contribution in [1.82, 2.24) is 10.2 Å². The fourth-order valence-electron chi connectivity index (χ4n) is 1.73. The molecule has 0 aromatic carbocycles. The van der Waals surface area contributed by atoms with Gasteiger partial charge in [-0.15, -0.1) is 0 Å². The SMILES string of the molecule is COCCNc1cc(-c2cc(C)oc2C)[nH]n1. The third kappa shape index (κ3) is 2.68. The molecule has 2 N–H and O–H groups in total. The molecule has 0 bridgehead atoms. The molecule has 0 radical (unpaired) electrons. The Hall–Kier alpha value is -1.75. The van der Waals surface area contributed by atoms with Crippen LogP contribution in [0.1, 0.15) is 11.5 Å². The van der Waals surface area contributed by atoms with Gasteiger partial charge in [0, 0.05) is 25.3 Å². The van der Waals surface area contributed by atoms with Gasteiger partial charge in [0.15, 0.2) is 0 Å². The molecule has 2 aromatic rings. The molecule has 2 aromatic heterocycles. The summed E-state index contributed by atoms with van der Waals surface area (Å²) >= 11 is 0. The molecule has 2 heterocycles. The van der Waals surface area contributed by atoms with Crippen LogP contribution in [0.15, 0.2) is 16.5 Å². The molecule has 0 atom stereocenters. The van der Waals surface area contributed by atoms with E-state index in [1.807, 2.05) is 26.0 Å². The van der Waals surface area contributed by atoms with Crippen LogP contribution in [0.3, 0.4) is 0 Å². The summed E-state index contributed by atoms with van der Waals surface area (Å²) in [5, 5.41) is 10.3. The molecule has 5 nitrogen and oxygen atoms in total. The maximum Gasteiger partial charge on any atom is 0.148 e. The monoisotopic (exact) mass is 235 g/mol. The minimum atomic E-state index is 0.659. The van der Waals surface area contributed by atoms with E-state index in [0.717, 1.165) is 35.1 Å². The van der Waals surface area contributed by atoms with E-state index in [2.05, 4.69) is 15.5 Å². The fraction of sp³-hybridized carbons (Fsp3) is 0.417. The smallest absolute Gasteiger partial charge is 0.148 e. The number of aryl methyl sites for hydroxylation is 2. The summed E-state index contributed by atoms with van der Waals surface area (Å²) in [6.45, 7) is 5.28. The Labute approximate surface area is 100 Å². The van der Waals surface area contributed by atoms with Gasteiger partial charge in [0.05, 0.1) is 12.3 Å². The Morgan fingerprint density at radius 1 is 1.41 bits per heavy atom. The van der Waals surface area contributed by atoms with Crippen LogP contribution >= 0.6 is 0 Å². The number of rotatable bonds is 5. The number of methoxy groups -OCH3 is 1. The van der Waals surface area contributed by atoms with Crippen LogP contribution in [0.4, 0.5) is 5.82 Å². The first-order valence-electron chi connectivity index (χ1n) is 5.56. The number of nitrogens with zero attached hydrogens (tertiary/aromatic N) is 1. The molecule has 0 saturated carbocycles. The molecule has 0 aliphatic heterocycles. The summed E-state index contributed by atoms with van der Waals surface area (Å²) in [6.07, 6.45) is 0. The summed E-state index contributed by atoms with van der Waals surface area (Å²) in [7, 11) is 1.68. The van der Waals surface area contributed by atoms with Crippen LogP contribution < -0.4 is 5.32 Å². The van der Waals surface area contributed by atoms with Crippen molar-refractivity contribution in [1.29, 1.82) is 0 Å². The Balaban J connectivity index is 2.10. The van der Waals surface area contributed by atoms with Crippen molar-refractivity contribution < 1.29 is 9.15 Å². The lowest BCUT2D eigenvalue weighted by molar-refractivity contribution is 0.210. The number of furan rings is 1. The fourth-order valence-corrected chi connectivity index (χ4v) is 1.73. The van der Waals surface area contributed by atoms with Crippen molar-refractivity contribution in [3.63, 3.8) is 0 Å². The lowest BCUT2D eigenvalue weighted by Gasteiger charge is -1.99. The molecule has 0 fully saturated rings. The van der Waals surface area contributed by atoms with Gasteiger partial charge in [0.25, 0.3) is 0 Å². The van der Waals surface area contributed by atoms with Crippen LogP contribution in [0.2, 0.25) is 0 Å².